The van der Waals surface area contributed by atoms with Gasteiger partial charge < -0.3 is 9.88 Å². The van der Waals surface area contributed by atoms with Crippen LogP contribution in [0.15, 0.2) is 6.20 Å². The second-order valence-electron chi connectivity index (χ2n) is 4.16. The molecule has 14 heavy (non-hydrogen) atoms. The van der Waals surface area contributed by atoms with Gasteiger partial charge in [-0.1, -0.05) is 0 Å². The molecular formula is C11H19N3. The lowest BCUT2D eigenvalue weighted by atomic mass is 10.4. The molecule has 0 amide bonds. The Labute approximate surface area is 85.5 Å². The largest absolute Gasteiger partial charge is 0.334 e. The van der Waals surface area contributed by atoms with Gasteiger partial charge in [-0.25, -0.2) is 4.98 Å². The Morgan fingerprint density at radius 3 is 3.00 bits per heavy atom. The summed E-state index contributed by atoms with van der Waals surface area (Å²) >= 11 is 0. The van der Waals surface area contributed by atoms with E-state index in [1.54, 1.807) is 0 Å². The van der Waals surface area contributed by atoms with E-state index in [0.29, 0.717) is 0 Å². The fourth-order valence-corrected chi connectivity index (χ4v) is 1.72. The maximum absolute atomic E-state index is 4.50. The van der Waals surface area contributed by atoms with E-state index in [2.05, 4.69) is 34.9 Å². The highest BCUT2D eigenvalue weighted by atomic mass is 15.1. The van der Waals surface area contributed by atoms with Gasteiger partial charge in [0.1, 0.15) is 5.82 Å². The topological polar surface area (TPSA) is 29.9 Å². The fourth-order valence-electron chi connectivity index (χ4n) is 1.72. The van der Waals surface area contributed by atoms with Crippen LogP contribution < -0.4 is 5.32 Å². The lowest BCUT2D eigenvalue weighted by molar-refractivity contribution is 0.588. The summed E-state index contributed by atoms with van der Waals surface area (Å²) in [6, 6.07) is 0. The zero-order valence-electron chi connectivity index (χ0n) is 9.08. The Kier molecular flexibility index (Phi) is 2.87. The van der Waals surface area contributed by atoms with Gasteiger partial charge in [-0.2, -0.15) is 0 Å². The van der Waals surface area contributed by atoms with E-state index in [0.717, 1.165) is 31.2 Å². The molecule has 1 aliphatic rings. The highest BCUT2D eigenvalue weighted by molar-refractivity contribution is 5.01. The second kappa shape index (κ2) is 4.13. The summed E-state index contributed by atoms with van der Waals surface area (Å²) in [5, 5.41) is 3.47. The Morgan fingerprint density at radius 2 is 2.36 bits per heavy atom. The van der Waals surface area contributed by atoms with Crippen molar-refractivity contribution in [1.29, 1.82) is 0 Å². The molecule has 1 N–H and O–H groups in total. The van der Waals surface area contributed by atoms with Crippen LogP contribution >= 0.6 is 0 Å². The van der Waals surface area contributed by atoms with Crippen molar-refractivity contribution >= 4 is 0 Å². The molecule has 78 valence electrons. The van der Waals surface area contributed by atoms with Crippen molar-refractivity contribution in [2.75, 3.05) is 6.54 Å². The Balaban J connectivity index is 1.86. The van der Waals surface area contributed by atoms with Gasteiger partial charge in [0.15, 0.2) is 0 Å². The number of hydrogen-bond acceptors (Lipinski definition) is 2. The molecule has 1 aromatic heterocycles. The average Bonchev–Trinajstić information content (AvgIpc) is 2.90. The molecule has 1 aromatic rings. The van der Waals surface area contributed by atoms with Crippen molar-refractivity contribution in [2.24, 2.45) is 5.92 Å². The normalized spacial score (nSPS) is 16.1. The van der Waals surface area contributed by atoms with Gasteiger partial charge in [-0.3, -0.25) is 0 Å². The number of imidazole rings is 1. The summed E-state index contributed by atoms with van der Waals surface area (Å²) < 4.78 is 2.22. The number of aryl methyl sites for hydroxylation is 2. The zero-order valence-corrected chi connectivity index (χ0v) is 9.08. The Morgan fingerprint density at radius 1 is 1.57 bits per heavy atom. The van der Waals surface area contributed by atoms with Crippen molar-refractivity contribution in [1.82, 2.24) is 14.9 Å². The van der Waals surface area contributed by atoms with Gasteiger partial charge in [0, 0.05) is 12.7 Å². The van der Waals surface area contributed by atoms with Crippen LogP contribution in [-0.2, 0) is 13.1 Å². The predicted octanol–water partition coefficient (Wildman–Crippen LogP) is 1.71. The molecule has 0 bridgehead atoms. The van der Waals surface area contributed by atoms with Gasteiger partial charge in [-0.05, 0) is 39.2 Å². The third-order valence-corrected chi connectivity index (χ3v) is 2.73. The molecule has 0 radical (unpaired) electrons. The SMILES string of the molecule is CCn1cc(C)nc1CNCC1CC1. The first-order valence-electron chi connectivity index (χ1n) is 5.53. The predicted molar refractivity (Wildman–Crippen MR) is 57.1 cm³/mol. The molecule has 2 rings (SSSR count). The van der Waals surface area contributed by atoms with E-state index in [1.807, 2.05) is 0 Å². The van der Waals surface area contributed by atoms with Crippen molar-refractivity contribution in [2.45, 2.75) is 39.8 Å². The molecule has 0 atom stereocenters. The van der Waals surface area contributed by atoms with E-state index in [1.165, 1.54) is 18.7 Å². The van der Waals surface area contributed by atoms with E-state index < -0.39 is 0 Å². The van der Waals surface area contributed by atoms with E-state index in [-0.39, 0.29) is 0 Å². The molecule has 3 heteroatoms. The van der Waals surface area contributed by atoms with Gasteiger partial charge in [-0.15, -0.1) is 0 Å². The molecule has 0 aliphatic heterocycles. The van der Waals surface area contributed by atoms with Crippen LogP contribution in [0.4, 0.5) is 0 Å². The van der Waals surface area contributed by atoms with Crippen molar-refractivity contribution in [3.63, 3.8) is 0 Å². The number of nitrogens with zero attached hydrogens (tertiary/aromatic N) is 2. The van der Waals surface area contributed by atoms with Crippen LogP contribution in [-0.4, -0.2) is 16.1 Å². The summed E-state index contributed by atoms with van der Waals surface area (Å²) in [5.74, 6) is 2.12. The number of nitrogens with one attached hydrogen (secondary N) is 1. The van der Waals surface area contributed by atoms with Gasteiger partial charge in [0.25, 0.3) is 0 Å². The van der Waals surface area contributed by atoms with Crippen LogP contribution in [0.2, 0.25) is 0 Å². The van der Waals surface area contributed by atoms with Crippen LogP contribution in [0, 0.1) is 12.8 Å². The zero-order chi connectivity index (χ0) is 9.97. The molecule has 0 saturated heterocycles. The minimum Gasteiger partial charge on any atom is -0.334 e. The highest BCUT2D eigenvalue weighted by Gasteiger charge is 2.20. The molecular weight excluding hydrogens is 174 g/mol. The molecule has 0 spiro atoms. The molecule has 1 heterocycles. The lowest BCUT2D eigenvalue weighted by Gasteiger charge is -2.05. The molecule has 0 unspecified atom stereocenters. The smallest absolute Gasteiger partial charge is 0.122 e. The van der Waals surface area contributed by atoms with E-state index in [9.17, 15) is 0 Å². The van der Waals surface area contributed by atoms with E-state index in [4.69, 9.17) is 0 Å². The van der Waals surface area contributed by atoms with Crippen LogP contribution in [0.5, 0.6) is 0 Å². The summed E-state index contributed by atoms with van der Waals surface area (Å²) in [7, 11) is 0. The van der Waals surface area contributed by atoms with Crippen molar-refractivity contribution in [3.05, 3.63) is 17.7 Å². The molecule has 1 aliphatic carbocycles. The Bertz CT molecular complexity index is 299. The number of aromatic nitrogens is 2. The monoisotopic (exact) mass is 193 g/mol. The highest BCUT2D eigenvalue weighted by Crippen LogP contribution is 2.27. The first-order chi connectivity index (χ1) is 6.79. The van der Waals surface area contributed by atoms with E-state index >= 15 is 0 Å². The summed E-state index contributed by atoms with van der Waals surface area (Å²) in [6.07, 6.45) is 4.94. The quantitative estimate of drug-likeness (QED) is 0.771. The van der Waals surface area contributed by atoms with Crippen molar-refractivity contribution < 1.29 is 0 Å². The fraction of sp³-hybridized carbons (Fsp3) is 0.727. The lowest BCUT2D eigenvalue weighted by Crippen LogP contribution is -2.19. The average molecular weight is 193 g/mol. The minimum absolute atomic E-state index is 0.915. The molecule has 1 saturated carbocycles. The third-order valence-electron chi connectivity index (χ3n) is 2.73. The summed E-state index contributed by atoms with van der Waals surface area (Å²) in [5.41, 5.74) is 1.12. The number of rotatable bonds is 5. The molecule has 1 fully saturated rings. The van der Waals surface area contributed by atoms with Gasteiger partial charge >= 0.3 is 0 Å². The van der Waals surface area contributed by atoms with Gasteiger partial charge in [0.2, 0.25) is 0 Å². The third kappa shape index (κ3) is 2.35. The maximum Gasteiger partial charge on any atom is 0.122 e. The van der Waals surface area contributed by atoms with Crippen molar-refractivity contribution in [3.8, 4) is 0 Å². The van der Waals surface area contributed by atoms with Gasteiger partial charge in [0.05, 0.1) is 12.2 Å². The summed E-state index contributed by atoms with van der Waals surface area (Å²) in [6.45, 7) is 7.30. The number of hydrogen-bond donors (Lipinski definition) is 1. The van der Waals surface area contributed by atoms with Crippen LogP contribution in [0.25, 0.3) is 0 Å². The second-order valence-corrected chi connectivity index (χ2v) is 4.16. The first kappa shape index (κ1) is 9.71. The summed E-state index contributed by atoms with van der Waals surface area (Å²) in [4.78, 5) is 4.50. The maximum atomic E-state index is 4.50. The minimum atomic E-state index is 0.915. The molecule has 3 nitrogen and oxygen atoms in total. The van der Waals surface area contributed by atoms with Crippen LogP contribution in [0.3, 0.4) is 0 Å². The standard InChI is InChI=1S/C11H19N3/c1-3-14-8-9(2)13-11(14)7-12-6-10-4-5-10/h8,10,12H,3-7H2,1-2H3. The first-order valence-corrected chi connectivity index (χ1v) is 5.53. The Hall–Kier alpha value is -0.830. The van der Waals surface area contributed by atoms with Crippen LogP contribution in [0.1, 0.15) is 31.3 Å². The molecule has 0 aromatic carbocycles.